The molecule has 0 radical (unpaired) electrons. The molecule has 1 heterocycles. The standard InChI is InChI=1S/C14H22N2O2/c1-11(2)9-13(14(17)18)16-8-4-6-12-5-3-7-15-10-12/h3,5,7,10-11,13,16H,4,6,8-9H2,1-2H3,(H,17,18)/p+2/t13-/m0/s1. The van der Waals surface area contributed by atoms with Crippen LogP contribution in [0.25, 0.3) is 0 Å². The molecule has 0 unspecified atom stereocenters. The SMILES string of the molecule is CC(C)C[C@H]([NH2+]CCCc1ccc[nH+]c1)C(=O)O. The first-order valence-corrected chi connectivity index (χ1v) is 6.60. The molecular weight excluding hydrogens is 228 g/mol. The molecule has 1 atom stereocenters. The van der Waals surface area contributed by atoms with Gasteiger partial charge in [-0.25, -0.2) is 9.78 Å². The molecule has 18 heavy (non-hydrogen) atoms. The number of aliphatic carboxylic acids is 1. The third kappa shape index (κ3) is 5.77. The van der Waals surface area contributed by atoms with Gasteiger partial charge in [0.1, 0.15) is 0 Å². The van der Waals surface area contributed by atoms with Crippen LogP contribution in [0, 0.1) is 5.92 Å². The van der Waals surface area contributed by atoms with Gasteiger partial charge in [-0.1, -0.05) is 13.8 Å². The van der Waals surface area contributed by atoms with Crippen molar-refractivity contribution in [2.24, 2.45) is 5.92 Å². The summed E-state index contributed by atoms with van der Waals surface area (Å²) in [5, 5.41) is 11.1. The zero-order chi connectivity index (χ0) is 13.4. The van der Waals surface area contributed by atoms with E-state index in [1.165, 1.54) is 5.56 Å². The number of hydrogen-bond acceptors (Lipinski definition) is 1. The van der Waals surface area contributed by atoms with Crippen molar-refractivity contribution in [2.45, 2.75) is 39.2 Å². The summed E-state index contributed by atoms with van der Waals surface area (Å²) in [5.74, 6) is -0.275. The van der Waals surface area contributed by atoms with E-state index in [2.05, 4.69) is 24.9 Å². The number of H-pyrrole nitrogens is 1. The molecule has 0 spiro atoms. The summed E-state index contributed by atoms with van der Waals surface area (Å²) < 4.78 is 0. The summed E-state index contributed by atoms with van der Waals surface area (Å²) in [6.45, 7) is 4.98. The van der Waals surface area contributed by atoms with E-state index < -0.39 is 5.97 Å². The molecule has 0 fully saturated rings. The molecule has 1 rings (SSSR count). The van der Waals surface area contributed by atoms with E-state index >= 15 is 0 Å². The Labute approximate surface area is 108 Å². The predicted molar refractivity (Wildman–Crippen MR) is 69.0 cm³/mol. The van der Waals surface area contributed by atoms with E-state index in [0.717, 1.165) is 25.8 Å². The minimum absolute atomic E-state index is 0.299. The number of nitrogens with two attached hydrogens (primary N) is 1. The van der Waals surface area contributed by atoms with Crippen LogP contribution in [0.4, 0.5) is 0 Å². The number of carboxylic acids is 1. The summed E-state index contributed by atoms with van der Waals surface area (Å²) >= 11 is 0. The van der Waals surface area contributed by atoms with Crippen molar-refractivity contribution < 1.29 is 20.2 Å². The number of quaternary nitrogens is 1. The second kappa shape index (κ2) is 7.82. The van der Waals surface area contributed by atoms with Gasteiger partial charge in [0, 0.05) is 24.5 Å². The number of rotatable bonds is 8. The van der Waals surface area contributed by atoms with E-state index in [1.54, 1.807) is 0 Å². The third-order valence-electron chi connectivity index (χ3n) is 2.93. The second-order valence-electron chi connectivity index (χ2n) is 5.11. The molecule has 1 aromatic heterocycles. The second-order valence-corrected chi connectivity index (χ2v) is 5.11. The summed E-state index contributed by atoms with van der Waals surface area (Å²) in [4.78, 5) is 14.1. The van der Waals surface area contributed by atoms with Crippen LogP contribution in [0.5, 0.6) is 0 Å². The summed E-state index contributed by atoms with van der Waals surface area (Å²) in [5.41, 5.74) is 1.27. The number of aromatic amines is 1. The molecule has 4 N–H and O–H groups in total. The van der Waals surface area contributed by atoms with Crippen LogP contribution in [0.2, 0.25) is 0 Å². The third-order valence-corrected chi connectivity index (χ3v) is 2.93. The Balaban J connectivity index is 2.25. The van der Waals surface area contributed by atoms with Crippen LogP contribution < -0.4 is 10.3 Å². The molecule has 4 heteroatoms. The van der Waals surface area contributed by atoms with Crippen molar-refractivity contribution in [3.63, 3.8) is 0 Å². The first-order valence-electron chi connectivity index (χ1n) is 6.60. The Morgan fingerprint density at radius 1 is 1.50 bits per heavy atom. The average molecular weight is 252 g/mol. The van der Waals surface area contributed by atoms with E-state index in [9.17, 15) is 4.79 Å². The minimum Gasteiger partial charge on any atom is -0.477 e. The molecule has 0 aliphatic rings. The smallest absolute Gasteiger partial charge is 0.362 e. The Kier molecular flexibility index (Phi) is 6.36. The highest BCUT2D eigenvalue weighted by Gasteiger charge is 2.21. The molecular formula is C14H24N2O2+2. The highest BCUT2D eigenvalue weighted by Crippen LogP contribution is 2.02. The van der Waals surface area contributed by atoms with Crippen LogP contribution in [-0.4, -0.2) is 23.7 Å². The molecule has 0 bridgehead atoms. The topological polar surface area (TPSA) is 68.0 Å². The largest absolute Gasteiger partial charge is 0.477 e. The lowest BCUT2D eigenvalue weighted by Crippen LogP contribution is -2.92. The van der Waals surface area contributed by atoms with Gasteiger partial charge in [-0.15, -0.1) is 0 Å². The van der Waals surface area contributed by atoms with Crippen LogP contribution in [-0.2, 0) is 11.2 Å². The number of aromatic nitrogens is 1. The Morgan fingerprint density at radius 3 is 2.83 bits per heavy atom. The molecule has 0 aromatic carbocycles. The Hall–Kier alpha value is -1.42. The lowest BCUT2D eigenvalue weighted by atomic mass is 10.0. The highest BCUT2D eigenvalue weighted by molar-refractivity contribution is 5.71. The fraction of sp³-hybridized carbons (Fsp3) is 0.571. The van der Waals surface area contributed by atoms with Crippen LogP contribution >= 0.6 is 0 Å². The number of aryl methyl sites for hydroxylation is 1. The van der Waals surface area contributed by atoms with Crippen molar-refractivity contribution in [3.05, 3.63) is 30.1 Å². The fourth-order valence-electron chi connectivity index (χ4n) is 2.02. The van der Waals surface area contributed by atoms with Gasteiger partial charge < -0.3 is 10.4 Å². The van der Waals surface area contributed by atoms with Gasteiger partial charge in [-0.2, -0.15) is 0 Å². The van der Waals surface area contributed by atoms with E-state index in [-0.39, 0.29) is 6.04 Å². The molecule has 0 aliphatic carbocycles. The first kappa shape index (κ1) is 14.6. The lowest BCUT2D eigenvalue weighted by molar-refractivity contribution is -0.679. The van der Waals surface area contributed by atoms with Crippen molar-refractivity contribution in [3.8, 4) is 0 Å². The monoisotopic (exact) mass is 252 g/mol. The van der Waals surface area contributed by atoms with E-state index in [1.807, 2.05) is 23.8 Å². The zero-order valence-corrected chi connectivity index (χ0v) is 11.2. The van der Waals surface area contributed by atoms with Crippen molar-refractivity contribution in [1.82, 2.24) is 0 Å². The maximum absolute atomic E-state index is 11.1. The molecule has 0 saturated carbocycles. The van der Waals surface area contributed by atoms with Gasteiger partial charge >= 0.3 is 5.97 Å². The Morgan fingerprint density at radius 2 is 2.28 bits per heavy atom. The number of carbonyl (C=O) groups is 1. The normalized spacial score (nSPS) is 12.6. The molecule has 0 amide bonds. The van der Waals surface area contributed by atoms with Crippen LogP contribution in [0.3, 0.4) is 0 Å². The quantitative estimate of drug-likeness (QED) is 0.661. The number of nitrogens with one attached hydrogen (secondary N) is 1. The maximum Gasteiger partial charge on any atom is 0.362 e. The highest BCUT2D eigenvalue weighted by atomic mass is 16.4. The van der Waals surface area contributed by atoms with Crippen molar-refractivity contribution in [2.75, 3.05) is 6.54 Å². The number of pyridine rings is 1. The number of hydrogen-bond donors (Lipinski definition) is 2. The fourth-order valence-corrected chi connectivity index (χ4v) is 2.02. The van der Waals surface area contributed by atoms with Gasteiger partial charge in [-0.3, -0.25) is 0 Å². The summed E-state index contributed by atoms with van der Waals surface area (Å²) in [6, 6.07) is 3.77. The minimum atomic E-state index is -0.697. The summed E-state index contributed by atoms with van der Waals surface area (Å²) in [6.07, 6.45) is 6.59. The van der Waals surface area contributed by atoms with E-state index in [4.69, 9.17) is 5.11 Å². The van der Waals surface area contributed by atoms with Gasteiger partial charge in [0.25, 0.3) is 0 Å². The van der Waals surface area contributed by atoms with Crippen LogP contribution in [0.15, 0.2) is 24.5 Å². The van der Waals surface area contributed by atoms with E-state index in [0.29, 0.717) is 5.92 Å². The lowest BCUT2D eigenvalue weighted by Gasteiger charge is -2.13. The molecule has 0 saturated heterocycles. The predicted octanol–water partition coefficient (Wildman–Crippen LogP) is 0.496. The van der Waals surface area contributed by atoms with Gasteiger partial charge in [-0.05, 0) is 18.4 Å². The van der Waals surface area contributed by atoms with Gasteiger partial charge in [0.15, 0.2) is 18.4 Å². The number of carboxylic acid groups (broad SMARTS) is 1. The van der Waals surface area contributed by atoms with Crippen LogP contribution in [0.1, 0.15) is 32.3 Å². The molecule has 4 nitrogen and oxygen atoms in total. The molecule has 1 aromatic rings. The molecule has 0 aliphatic heterocycles. The van der Waals surface area contributed by atoms with Gasteiger partial charge in [0.2, 0.25) is 0 Å². The van der Waals surface area contributed by atoms with Crippen molar-refractivity contribution >= 4 is 5.97 Å². The summed E-state index contributed by atoms with van der Waals surface area (Å²) in [7, 11) is 0. The maximum atomic E-state index is 11.1. The average Bonchev–Trinajstić information content (AvgIpc) is 2.33. The first-order chi connectivity index (χ1) is 8.59. The Bertz CT molecular complexity index is 352. The molecule has 100 valence electrons. The van der Waals surface area contributed by atoms with Gasteiger partial charge in [0.05, 0.1) is 6.54 Å². The zero-order valence-electron chi connectivity index (χ0n) is 11.2. The van der Waals surface area contributed by atoms with Crippen molar-refractivity contribution in [1.29, 1.82) is 0 Å².